The van der Waals surface area contributed by atoms with Gasteiger partial charge in [-0.3, -0.25) is 0 Å². The maximum Gasteiger partial charge on any atom is 0.116 e. The molecule has 294 valence electrons. The fourth-order valence-electron chi connectivity index (χ4n) is 11.0. The van der Waals surface area contributed by atoms with Crippen LogP contribution in [0.1, 0.15) is 22.3 Å². The standard InChI is InChI=1S/C61H38O2/c62-47-25-19-37-29-45(23-17-39(37)31-47)61(46-24-18-40-32-48(63)26-20-38(40)30-46)59-27-21-43(55-33-41-9-1-3-11-49(41)51-13-5-7-15-53(51)55)35-57(59)58-36-44(22-28-60(58)61)56-34-42-10-2-4-12-50(42)52-14-6-8-16-54(52)56/h1-36,62-63H. The zero-order valence-electron chi connectivity index (χ0n) is 34.2. The van der Waals surface area contributed by atoms with E-state index in [1.165, 1.54) is 87.6 Å². The van der Waals surface area contributed by atoms with Gasteiger partial charge in [0, 0.05) is 0 Å². The highest BCUT2D eigenvalue weighted by Crippen LogP contribution is 2.58. The summed E-state index contributed by atoms with van der Waals surface area (Å²) in [5.74, 6) is 0.503. The molecule has 0 aliphatic heterocycles. The lowest BCUT2D eigenvalue weighted by Gasteiger charge is -2.34. The van der Waals surface area contributed by atoms with E-state index in [0.717, 1.165) is 32.7 Å². The summed E-state index contributed by atoms with van der Waals surface area (Å²) in [5, 5.41) is 35.0. The molecule has 12 aromatic rings. The third-order valence-corrected chi connectivity index (χ3v) is 13.8. The van der Waals surface area contributed by atoms with Gasteiger partial charge in [-0.2, -0.15) is 0 Å². The Bertz CT molecular complexity index is 3640. The molecule has 2 heteroatoms. The van der Waals surface area contributed by atoms with Crippen molar-refractivity contribution in [1.29, 1.82) is 0 Å². The van der Waals surface area contributed by atoms with E-state index in [0.29, 0.717) is 0 Å². The molecule has 0 amide bonds. The van der Waals surface area contributed by atoms with Crippen molar-refractivity contribution in [3.63, 3.8) is 0 Å². The van der Waals surface area contributed by atoms with Gasteiger partial charge >= 0.3 is 0 Å². The minimum absolute atomic E-state index is 0.252. The SMILES string of the molecule is Oc1ccc2cc(C3(c4ccc5cc(O)ccc5c4)c4ccc(-c5cc6ccccc6c6ccccc56)cc4-c4cc(-c5cc6ccccc6c6ccccc56)ccc43)ccc2c1. The molecule has 13 rings (SSSR count). The predicted molar refractivity (Wildman–Crippen MR) is 263 cm³/mol. The molecular weight excluding hydrogens is 765 g/mol. The lowest BCUT2D eigenvalue weighted by molar-refractivity contribution is 0.475. The van der Waals surface area contributed by atoms with Crippen LogP contribution < -0.4 is 0 Å². The second kappa shape index (κ2) is 13.4. The largest absolute Gasteiger partial charge is 0.508 e. The molecule has 0 saturated carbocycles. The Labute approximate surface area is 364 Å². The first-order valence-electron chi connectivity index (χ1n) is 21.6. The Kier molecular flexibility index (Phi) is 7.56. The number of hydrogen-bond donors (Lipinski definition) is 2. The van der Waals surface area contributed by atoms with Crippen LogP contribution in [0.2, 0.25) is 0 Å². The number of benzene rings is 12. The van der Waals surface area contributed by atoms with E-state index >= 15 is 0 Å². The van der Waals surface area contributed by atoms with E-state index in [4.69, 9.17) is 0 Å². The quantitative estimate of drug-likeness (QED) is 0.174. The minimum Gasteiger partial charge on any atom is -0.508 e. The van der Waals surface area contributed by atoms with E-state index in [9.17, 15) is 10.2 Å². The number of fused-ring (bicyclic) bond motifs is 11. The highest BCUT2D eigenvalue weighted by molar-refractivity contribution is 6.15. The molecule has 2 nitrogen and oxygen atoms in total. The first-order valence-corrected chi connectivity index (χ1v) is 21.6. The van der Waals surface area contributed by atoms with Gasteiger partial charge in [-0.25, -0.2) is 0 Å². The first-order chi connectivity index (χ1) is 31.0. The molecule has 0 radical (unpaired) electrons. The summed E-state index contributed by atoms with van der Waals surface area (Å²) in [6.45, 7) is 0. The smallest absolute Gasteiger partial charge is 0.116 e. The zero-order chi connectivity index (χ0) is 41.8. The Balaban J connectivity index is 1.15. The Morgan fingerprint density at radius 1 is 0.254 bits per heavy atom. The van der Waals surface area contributed by atoms with Crippen molar-refractivity contribution in [2.75, 3.05) is 0 Å². The third-order valence-electron chi connectivity index (χ3n) is 13.8. The van der Waals surface area contributed by atoms with E-state index < -0.39 is 5.41 Å². The van der Waals surface area contributed by atoms with Crippen molar-refractivity contribution >= 4 is 64.6 Å². The molecule has 2 N–H and O–H groups in total. The maximum absolute atomic E-state index is 10.5. The predicted octanol–water partition coefficient (Wildman–Crippen LogP) is 15.7. The highest BCUT2D eigenvalue weighted by atomic mass is 16.3. The van der Waals surface area contributed by atoms with E-state index in [-0.39, 0.29) is 11.5 Å². The van der Waals surface area contributed by atoms with Gasteiger partial charge in [0.05, 0.1) is 5.41 Å². The monoisotopic (exact) mass is 802 g/mol. The van der Waals surface area contributed by atoms with Crippen LogP contribution in [-0.2, 0) is 5.41 Å². The summed E-state index contributed by atoms with van der Waals surface area (Å²) in [7, 11) is 0. The summed E-state index contributed by atoms with van der Waals surface area (Å²) in [4.78, 5) is 0. The Morgan fingerprint density at radius 3 is 1.10 bits per heavy atom. The van der Waals surface area contributed by atoms with Crippen LogP contribution in [0.4, 0.5) is 0 Å². The lowest BCUT2D eigenvalue weighted by atomic mass is 9.67. The molecule has 0 unspecified atom stereocenters. The van der Waals surface area contributed by atoms with Crippen LogP contribution in [0.15, 0.2) is 218 Å². The first kappa shape index (κ1) is 35.5. The minimum atomic E-state index is -0.712. The molecule has 0 fully saturated rings. The van der Waals surface area contributed by atoms with E-state index in [1.807, 2.05) is 24.3 Å². The zero-order valence-corrected chi connectivity index (χ0v) is 34.2. The van der Waals surface area contributed by atoms with Crippen LogP contribution in [0, 0.1) is 0 Å². The Hall–Kier alpha value is -8.20. The number of hydrogen-bond acceptors (Lipinski definition) is 2. The van der Waals surface area contributed by atoms with Crippen molar-refractivity contribution in [2.45, 2.75) is 5.41 Å². The molecule has 0 aromatic heterocycles. The summed E-state index contributed by atoms with van der Waals surface area (Å²) < 4.78 is 0. The van der Waals surface area contributed by atoms with Crippen LogP contribution >= 0.6 is 0 Å². The van der Waals surface area contributed by atoms with Crippen molar-refractivity contribution in [1.82, 2.24) is 0 Å². The van der Waals surface area contributed by atoms with Gasteiger partial charge in [0.1, 0.15) is 11.5 Å². The molecule has 12 aromatic carbocycles. The summed E-state index contributed by atoms with van der Waals surface area (Å²) >= 11 is 0. The molecule has 0 atom stereocenters. The van der Waals surface area contributed by atoms with Crippen LogP contribution in [0.25, 0.3) is 98.0 Å². The van der Waals surface area contributed by atoms with Crippen molar-refractivity contribution in [2.24, 2.45) is 0 Å². The van der Waals surface area contributed by atoms with Gasteiger partial charge in [0.25, 0.3) is 0 Å². The summed E-state index contributed by atoms with van der Waals surface area (Å²) in [5.41, 5.74) is 11.1. The molecule has 63 heavy (non-hydrogen) atoms. The van der Waals surface area contributed by atoms with Crippen molar-refractivity contribution < 1.29 is 10.2 Å². The van der Waals surface area contributed by atoms with Gasteiger partial charge in [-0.15, -0.1) is 0 Å². The molecule has 1 aliphatic rings. The summed E-state index contributed by atoms with van der Waals surface area (Å²) in [6, 6.07) is 78.6. The van der Waals surface area contributed by atoms with Crippen LogP contribution in [0.5, 0.6) is 11.5 Å². The maximum atomic E-state index is 10.5. The molecule has 0 saturated heterocycles. The van der Waals surface area contributed by atoms with Gasteiger partial charge in [-0.05, 0) is 181 Å². The fraction of sp³-hybridized carbons (Fsp3) is 0.0164. The van der Waals surface area contributed by atoms with Crippen molar-refractivity contribution in [3.8, 4) is 44.9 Å². The molecular formula is C61H38O2. The lowest BCUT2D eigenvalue weighted by Crippen LogP contribution is -2.28. The number of aromatic hydroxyl groups is 2. The highest BCUT2D eigenvalue weighted by Gasteiger charge is 2.46. The summed E-state index contributed by atoms with van der Waals surface area (Å²) in [6.07, 6.45) is 0. The van der Waals surface area contributed by atoms with Crippen molar-refractivity contribution in [3.05, 3.63) is 241 Å². The fourth-order valence-corrected chi connectivity index (χ4v) is 11.0. The number of phenolic OH excluding ortho intramolecular Hbond substituents is 2. The van der Waals surface area contributed by atoms with Gasteiger partial charge in [0.15, 0.2) is 0 Å². The van der Waals surface area contributed by atoms with E-state index in [2.05, 4.69) is 182 Å². The van der Waals surface area contributed by atoms with Gasteiger partial charge in [-0.1, -0.05) is 158 Å². The van der Waals surface area contributed by atoms with Gasteiger partial charge in [0.2, 0.25) is 0 Å². The molecule has 0 bridgehead atoms. The Morgan fingerprint density at radius 2 is 0.635 bits per heavy atom. The second-order valence-electron chi connectivity index (χ2n) is 17.1. The number of phenols is 2. The normalized spacial score (nSPS) is 13.0. The number of rotatable bonds is 4. The molecule has 0 spiro atoms. The third kappa shape index (κ3) is 5.25. The van der Waals surface area contributed by atoms with Gasteiger partial charge < -0.3 is 10.2 Å². The topological polar surface area (TPSA) is 40.5 Å². The average Bonchev–Trinajstić information content (AvgIpc) is 3.62. The molecule has 0 heterocycles. The molecule has 1 aliphatic carbocycles. The van der Waals surface area contributed by atoms with Crippen LogP contribution in [0.3, 0.4) is 0 Å². The van der Waals surface area contributed by atoms with Crippen LogP contribution in [-0.4, -0.2) is 10.2 Å². The van der Waals surface area contributed by atoms with E-state index in [1.54, 1.807) is 12.1 Å². The second-order valence-corrected chi connectivity index (χ2v) is 17.1. The average molecular weight is 803 g/mol.